The lowest BCUT2D eigenvalue weighted by molar-refractivity contribution is -0.174. The van der Waals surface area contributed by atoms with E-state index in [-0.39, 0.29) is 19.1 Å². The first kappa shape index (κ1) is 18.3. The van der Waals surface area contributed by atoms with E-state index in [1.54, 1.807) is 12.1 Å². The summed E-state index contributed by atoms with van der Waals surface area (Å²) in [5, 5.41) is 2.78. The Labute approximate surface area is 148 Å². The van der Waals surface area contributed by atoms with Gasteiger partial charge in [0.15, 0.2) is 0 Å². The number of benzene rings is 2. The van der Waals surface area contributed by atoms with Crippen molar-refractivity contribution in [2.24, 2.45) is 0 Å². The molecule has 1 aliphatic rings. The van der Waals surface area contributed by atoms with Gasteiger partial charge >= 0.3 is 6.18 Å². The molecule has 4 nitrogen and oxygen atoms in total. The van der Waals surface area contributed by atoms with Crippen molar-refractivity contribution in [3.8, 4) is 11.5 Å². The number of rotatable bonds is 6. The number of halogens is 3. The van der Waals surface area contributed by atoms with Crippen LogP contribution >= 0.6 is 0 Å². The van der Waals surface area contributed by atoms with E-state index < -0.39 is 18.7 Å². The van der Waals surface area contributed by atoms with Gasteiger partial charge in [0.25, 0.3) is 0 Å². The first-order chi connectivity index (χ1) is 12.5. The first-order valence-electron chi connectivity index (χ1n) is 8.23. The quantitative estimate of drug-likeness (QED) is 0.787. The number of amides is 1. The zero-order chi connectivity index (χ0) is 18.6. The summed E-state index contributed by atoms with van der Waals surface area (Å²) in [6, 6.07) is 14.6. The number of para-hydroxylation sites is 2. The van der Waals surface area contributed by atoms with Gasteiger partial charge in [0.05, 0.1) is 5.92 Å². The van der Waals surface area contributed by atoms with Crippen LogP contribution in [0.4, 0.5) is 13.2 Å². The maximum absolute atomic E-state index is 12.7. The molecule has 1 amide bonds. The van der Waals surface area contributed by atoms with Gasteiger partial charge in [-0.1, -0.05) is 36.4 Å². The summed E-state index contributed by atoms with van der Waals surface area (Å²) in [7, 11) is 0. The minimum Gasteiger partial charge on any atom is -0.457 e. The van der Waals surface area contributed by atoms with Crippen LogP contribution in [0, 0.1) is 0 Å². The van der Waals surface area contributed by atoms with E-state index in [4.69, 9.17) is 4.74 Å². The van der Waals surface area contributed by atoms with Crippen LogP contribution in [-0.2, 0) is 9.53 Å². The molecule has 0 saturated heterocycles. The molecule has 138 valence electrons. The zero-order valence-corrected chi connectivity index (χ0v) is 13.9. The second-order valence-electron chi connectivity index (χ2n) is 5.92. The molecular weight excluding hydrogens is 347 g/mol. The Morgan fingerprint density at radius 3 is 2.19 bits per heavy atom. The number of carbonyl (C=O) groups is 1. The fourth-order valence-electron chi connectivity index (χ4n) is 2.87. The van der Waals surface area contributed by atoms with Crippen molar-refractivity contribution >= 4 is 5.91 Å². The fourth-order valence-corrected chi connectivity index (χ4v) is 2.87. The maximum Gasteiger partial charge on any atom is 0.411 e. The number of ether oxygens (including phenoxy) is 2. The Kier molecular flexibility index (Phi) is 5.46. The first-order valence-corrected chi connectivity index (χ1v) is 8.23. The predicted octanol–water partition coefficient (Wildman–Crippen LogP) is 4.01. The van der Waals surface area contributed by atoms with E-state index in [1.807, 2.05) is 36.4 Å². The van der Waals surface area contributed by atoms with Crippen LogP contribution in [0.3, 0.4) is 0 Å². The molecular formula is C19H18F3NO3. The van der Waals surface area contributed by atoms with Gasteiger partial charge in [-0.2, -0.15) is 13.2 Å². The molecule has 0 unspecified atom stereocenters. The van der Waals surface area contributed by atoms with Gasteiger partial charge in [-0.3, -0.25) is 4.79 Å². The topological polar surface area (TPSA) is 47.6 Å². The summed E-state index contributed by atoms with van der Waals surface area (Å²) >= 11 is 0. The highest BCUT2D eigenvalue weighted by molar-refractivity contribution is 5.89. The van der Waals surface area contributed by atoms with Crippen molar-refractivity contribution < 1.29 is 27.4 Å². The third-order valence-electron chi connectivity index (χ3n) is 3.97. The van der Waals surface area contributed by atoms with E-state index in [1.165, 1.54) is 0 Å². The monoisotopic (exact) mass is 365 g/mol. The van der Waals surface area contributed by atoms with Crippen molar-refractivity contribution in [1.29, 1.82) is 0 Å². The van der Waals surface area contributed by atoms with Gasteiger partial charge in [0, 0.05) is 24.3 Å². The summed E-state index contributed by atoms with van der Waals surface area (Å²) in [6.45, 7) is -1.11. The lowest BCUT2D eigenvalue weighted by Crippen LogP contribution is -2.32. The van der Waals surface area contributed by atoms with Crippen LogP contribution in [0.5, 0.6) is 11.5 Å². The summed E-state index contributed by atoms with van der Waals surface area (Å²) in [6.07, 6.45) is -4.03. The minimum absolute atomic E-state index is 0.0687. The van der Waals surface area contributed by atoms with Gasteiger partial charge < -0.3 is 14.8 Å². The Morgan fingerprint density at radius 2 is 1.62 bits per heavy atom. The van der Waals surface area contributed by atoms with Crippen LogP contribution in [0.15, 0.2) is 48.5 Å². The highest BCUT2D eigenvalue weighted by Crippen LogP contribution is 2.43. The van der Waals surface area contributed by atoms with E-state index in [2.05, 4.69) is 10.1 Å². The molecule has 1 aliphatic heterocycles. The van der Waals surface area contributed by atoms with Gasteiger partial charge in [0.1, 0.15) is 18.1 Å². The minimum atomic E-state index is -4.33. The summed E-state index contributed by atoms with van der Waals surface area (Å²) in [5.41, 5.74) is 1.52. The lowest BCUT2D eigenvalue weighted by Gasteiger charge is -2.27. The Morgan fingerprint density at radius 1 is 1.04 bits per heavy atom. The Balaban J connectivity index is 1.62. The Hall–Kier alpha value is -2.54. The molecule has 0 bridgehead atoms. The van der Waals surface area contributed by atoms with Crippen LogP contribution in [0.25, 0.3) is 0 Å². The molecule has 3 rings (SSSR count). The Bertz CT molecular complexity index is 731. The van der Waals surface area contributed by atoms with Crippen LogP contribution < -0.4 is 10.1 Å². The van der Waals surface area contributed by atoms with Crippen molar-refractivity contribution in [2.75, 3.05) is 19.8 Å². The van der Waals surface area contributed by atoms with Crippen molar-refractivity contribution in [1.82, 2.24) is 5.32 Å². The molecule has 1 heterocycles. The zero-order valence-electron chi connectivity index (χ0n) is 13.9. The smallest absolute Gasteiger partial charge is 0.411 e. The van der Waals surface area contributed by atoms with Crippen molar-refractivity contribution in [3.63, 3.8) is 0 Å². The van der Waals surface area contributed by atoms with Gasteiger partial charge in [0.2, 0.25) is 5.91 Å². The molecule has 1 N–H and O–H groups in total. The molecule has 0 saturated carbocycles. The molecule has 26 heavy (non-hydrogen) atoms. The van der Waals surface area contributed by atoms with Crippen molar-refractivity contribution in [2.45, 2.75) is 18.5 Å². The summed E-state index contributed by atoms with van der Waals surface area (Å²) in [4.78, 5) is 12.7. The molecule has 2 aromatic rings. The normalized spacial score (nSPS) is 13.5. The summed E-state index contributed by atoms with van der Waals surface area (Å²) in [5.74, 6) is 0.510. The average Bonchev–Trinajstić information content (AvgIpc) is 2.61. The van der Waals surface area contributed by atoms with E-state index in [0.717, 1.165) is 11.1 Å². The molecule has 2 aromatic carbocycles. The third-order valence-corrected chi connectivity index (χ3v) is 3.97. The van der Waals surface area contributed by atoms with Gasteiger partial charge in [-0.25, -0.2) is 0 Å². The molecule has 7 heteroatoms. The summed E-state index contributed by atoms with van der Waals surface area (Å²) < 4.78 is 46.4. The van der Waals surface area contributed by atoms with E-state index >= 15 is 0 Å². The lowest BCUT2D eigenvalue weighted by atomic mass is 9.87. The van der Waals surface area contributed by atoms with Crippen LogP contribution in [-0.4, -0.2) is 31.8 Å². The standard InChI is InChI=1S/C19H18F3NO3/c20-19(21,22)12-25-11-5-10-23-18(24)17-13-6-1-3-8-15(13)26-16-9-4-2-7-14(16)17/h1-4,6-9,17H,5,10-12H2,(H,23,24). The average molecular weight is 365 g/mol. The largest absolute Gasteiger partial charge is 0.457 e. The number of hydrogen-bond donors (Lipinski definition) is 1. The fraction of sp³-hybridized carbons (Fsp3) is 0.316. The number of fused-ring (bicyclic) bond motifs is 2. The molecule has 0 fully saturated rings. The van der Waals surface area contributed by atoms with E-state index in [9.17, 15) is 18.0 Å². The third kappa shape index (κ3) is 4.35. The molecule has 0 aliphatic carbocycles. The van der Waals surface area contributed by atoms with Gasteiger partial charge in [-0.15, -0.1) is 0 Å². The van der Waals surface area contributed by atoms with Crippen molar-refractivity contribution in [3.05, 3.63) is 59.7 Å². The number of carbonyl (C=O) groups excluding carboxylic acids is 1. The highest BCUT2D eigenvalue weighted by Gasteiger charge is 2.32. The number of alkyl halides is 3. The van der Waals surface area contributed by atoms with E-state index in [0.29, 0.717) is 17.9 Å². The molecule has 0 radical (unpaired) electrons. The number of nitrogens with one attached hydrogen (secondary N) is 1. The second kappa shape index (κ2) is 7.78. The molecule has 0 spiro atoms. The molecule has 0 aromatic heterocycles. The number of hydrogen-bond acceptors (Lipinski definition) is 3. The van der Waals surface area contributed by atoms with Crippen LogP contribution in [0.2, 0.25) is 0 Å². The predicted molar refractivity (Wildman–Crippen MR) is 89.3 cm³/mol. The second-order valence-corrected chi connectivity index (χ2v) is 5.92. The van der Waals surface area contributed by atoms with Crippen LogP contribution in [0.1, 0.15) is 23.5 Å². The maximum atomic E-state index is 12.7. The molecule has 0 atom stereocenters. The van der Waals surface area contributed by atoms with Gasteiger partial charge in [-0.05, 0) is 18.6 Å². The SMILES string of the molecule is O=C(NCCCOCC(F)(F)F)C1c2ccccc2Oc2ccccc21. The highest BCUT2D eigenvalue weighted by atomic mass is 19.4.